The molecule has 9 heteroatoms. The predicted octanol–water partition coefficient (Wildman–Crippen LogP) is 0.751. The van der Waals surface area contributed by atoms with Crippen LogP contribution in [0.3, 0.4) is 0 Å². The van der Waals surface area contributed by atoms with Gasteiger partial charge in [-0.05, 0) is 25.8 Å². The molecule has 8 nitrogen and oxygen atoms in total. The van der Waals surface area contributed by atoms with Gasteiger partial charge in [-0.15, -0.1) is 5.10 Å². The lowest BCUT2D eigenvalue weighted by Crippen LogP contribution is -2.44. The van der Waals surface area contributed by atoms with Crippen molar-refractivity contribution in [1.82, 2.24) is 24.1 Å². The minimum absolute atomic E-state index is 0.0655. The first kappa shape index (κ1) is 15.9. The minimum Gasteiger partial charge on any atom is -0.472 e. The fourth-order valence-electron chi connectivity index (χ4n) is 2.49. The number of aryl methyl sites for hydroxylation is 2. The number of ether oxygens (including phenoxy) is 1. The van der Waals surface area contributed by atoms with Crippen LogP contribution in [0.25, 0.3) is 0 Å². The molecule has 1 saturated heterocycles. The molecule has 3 rings (SSSR count). The van der Waals surface area contributed by atoms with E-state index in [0.29, 0.717) is 12.4 Å². The molecule has 2 aromatic rings. The van der Waals surface area contributed by atoms with Gasteiger partial charge in [0.2, 0.25) is 5.88 Å². The minimum atomic E-state index is -3.59. The zero-order valence-corrected chi connectivity index (χ0v) is 13.9. The van der Waals surface area contributed by atoms with Crippen LogP contribution < -0.4 is 4.74 Å². The molecule has 1 aliphatic rings. The van der Waals surface area contributed by atoms with Gasteiger partial charge in [-0.1, -0.05) is 0 Å². The second kappa shape index (κ2) is 6.25. The molecule has 124 valence electrons. The Morgan fingerprint density at radius 3 is 2.78 bits per heavy atom. The third-order valence-corrected chi connectivity index (χ3v) is 5.44. The molecule has 1 atom stereocenters. The van der Waals surface area contributed by atoms with Crippen molar-refractivity contribution in [2.45, 2.75) is 30.9 Å². The zero-order valence-electron chi connectivity index (χ0n) is 13.1. The number of rotatable bonds is 4. The highest BCUT2D eigenvalue weighted by Gasteiger charge is 2.32. The first-order chi connectivity index (χ1) is 10.9. The number of imidazole rings is 1. The van der Waals surface area contributed by atoms with E-state index in [1.807, 2.05) is 13.0 Å². The molecule has 0 amide bonds. The molecule has 0 aromatic carbocycles. The second-order valence-electron chi connectivity index (χ2n) is 5.64. The second-order valence-corrected chi connectivity index (χ2v) is 7.52. The Labute approximate surface area is 135 Å². The van der Waals surface area contributed by atoms with E-state index in [0.717, 1.165) is 18.5 Å². The molecule has 1 fully saturated rings. The third-order valence-electron chi connectivity index (χ3n) is 3.69. The molecule has 2 aromatic heterocycles. The van der Waals surface area contributed by atoms with E-state index in [2.05, 4.69) is 15.2 Å². The predicted molar refractivity (Wildman–Crippen MR) is 82.4 cm³/mol. The van der Waals surface area contributed by atoms with E-state index in [4.69, 9.17) is 4.74 Å². The maximum atomic E-state index is 12.6. The van der Waals surface area contributed by atoms with Crippen LogP contribution in [0.15, 0.2) is 29.7 Å². The maximum Gasteiger partial charge on any atom is 0.262 e. The van der Waals surface area contributed by atoms with Gasteiger partial charge in [-0.25, -0.2) is 13.4 Å². The van der Waals surface area contributed by atoms with E-state index < -0.39 is 10.0 Å². The van der Waals surface area contributed by atoms with Crippen molar-refractivity contribution in [2.75, 3.05) is 13.1 Å². The molecule has 0 bridgehead atoms. The van der Waals surface area contributed by atoms with Gasteiger partial charge in [0, 0.05) is 25.9 Å². The smallest absolute Gasteiger partial charge is 0.262 e. The van der Waals surface area contributed by atoms with Gasteiger partial charge in [0.25, 0.3) is 10.0 Å². The van der Waals surface area contributed by atoms with Gasteiger partial charge in [-0.3, -0.25) is 0 Å². The largest absolute Gasteiger partial charge is 0.472 e. The number of piperidine rings is 1. The topological polar surface area (TPSA) is 90.2 Å². The van der Waals surface area contributed by atoms with Crippen molar-refractivity contribution in [3.05, 3.63) is 30.4 Å². The lowest BCUT2D eigenvalue weighted by Gasteiger charge is -2.31. The van der Waals surface area contributed by atoms with Gasteiger partial charge < -0.3 is 9.30 Å². The number of aromatic nitrogens is 4. The summed E-state index contributed by atoms with van der Waals surface area (Å²) < 4.78 is 34.0. The van der Waals surface area contributed by atoms with E-state index in [-0.39, 0.29) is 17.7 Å². The van der Waals surface area contributed by atoms with Crippen LogP contribution in [-0.2, 0) is 17.1 Å². The van der Waals surface area contributed by atoms with Crippen LogP contribution in [0.5, 0.6) is 5.88 Å². The first-order valence-corrected chi connectivity index (χ1v) is 8.84. The van der Waals surface area contributed by atoms with E-state index >= 15 is 0 Å². The van der Waals surface area contributed by atoms with Crippen LogP contribution in [-0.4, -0.2) is 51.7 Å². The Hall–Kier alpha value is -2.00. The summed E-state index contributed by atoms with van der Waals surface area (Å²) >= 11 is 0. The highest BCUT2D eigenvalue weighted by atomic mass is 32.2. The summed E-state index contributed by atoms with van der Waals surface area (Å²) in [5, 5.41) is 7.97. The SMILES string of the molecule is Cc1ccc(OC2CCCN(S(=O)(=O)c3cn(C)cn3)C2)nn1. The molecule has 0 saturated carbocycles. The molecule has 3 heterocycles. The molecule has 0 radical (unpaired) electrons. The Balaban J connectivity index is 1.71. The Morgan fingerprint density at radius 2 is 2.13 bits per heavy atom. The monoisotopic (exact) mass is 337 g/mol. The standard InChI is InChI=1S/C14H19N5O3S/c1-11-5-6-13(17-16-11)22-12-4-3-7-19(8-12)23(20,21)14-9-18(2)10-15-14/h5-6,9-10,12H,3-4,7-8H2,1-2H3. The average Bonchev–Trinajstić information content (AvgIpc) is 2.97. The first-order valence-electron chi connectivity index (χ1n) is 7.40. The number of hydrogen-bond acceptors (Lipinski definition) is 6. The average molecular weight is 337 g/mol. The fraction of sp³-hybridized carbons (Fsp3) is 0.500. The fourth-order valence-corrected chi connectivity index (χ4v) is 3.97. The summed E-state index contributed by atoms with van der Waals surface area (Å²) in [5.41, 5.74) is 0.806. The summed E-state index contributed by atoms with van der Waals surface area (Å²) in [5.74, 6) is 0.415. The molecule has 23 heavy (non-hydrogen) atoms. The lowest BCUT2D eigenvalue weighted by molar-refractivity contribution is 0.123. The summed E-state index contributed by atoms with van der Waals surface area (Å²) in [6.45, 7) is 2.60. The molecule has 0 N–H and O–H groups in total. The quantitative estimate of drug-likeness (QED) is 0.818. The van der Waals surface area contributed by atoms with Crippen LogP contribution in [0, 0.1) is 6.92 Å². The number of nitrogens with zero attached hydrogens (tertiary/aromatic N) is 5. The molecule has 0 spiro atoms. The molecule has 1 unspecified atom stereocenters. The van der Waals surface area contributed by atoms with E-state index in [1.54, 1.807) is 17.7 Å². The van der Waals surface area contributed by atoms with Crippen molar-refractivity contribution in [3.8, 4) is 5.88 Å². The van der Waals surface area contributed by atoms with Gasteiger partial charge in [0.05, 0.1) is 18.6 Å². The summed E-state index contributed by atoms with van der Waals surface area (Å²) in [7, 11) is -1.85. The lowest BCUT2D eigenvalue weighted by atomic mass is 10.1. The van der Waals surface area contributed by atoms with E-state index in [9.17, 15) is 8.42 Å². The molecular formula is C14H19N5O3S. The summed E-state index contributed by atoms with van der Waals surface area (Å²) in [4.78, 5) is 3.95. The van der Waals surface area contributed by atoms with Crippen LogP contribution in [0.1, 0.15) is 18.5 Å². The normalized spacial score (nSPS) is 19.7. The van der Waals surface area contributed by atoms with Crippen LogP contribution in [0.4, 0.5) is 0 Å². The van der Waals surface area contributed by atoms with Gasteiger partial charge in [0.15, 0.2) is 5.03 Å². The van der Waals surface area contributed by atoms with Crippen LogP contribution >= 0.6 is 0 Å². The van der Waals surface area contributed by atoms with Gasteiger partial charge in [-0.2, -0.15) is 9.40 Å². The molecule has 1 aliphatic heterocycles. The summed E-state index contributed by atoms with van der Waals surface area (Å²) in [6.07, 6.45) is 4.26. The van der Waals surface area contributed by atoms with Gasteiger partial charge in [0.1, 0.15) is 6.10 Å². The Morgan fingerprint density at radius 1 is 1.30 bits per heavy atom. The van der Waals surface area contributed by atoms with Crippen molar-refractivity contribution in [3.63, 3.8) is 0 Å². The molecule has 0 aliphatic carbocycles. The highest BCUT2D eigenvalue weighted by Crippen LogP contribution is 2.22. The van der Waals surface area contributed by atoms with Crippen molar-refractivity contribution in [2.24, 2.45) is 7.05 Å². The number of hydrogen-bond donors (Lipinski definition) is 0. The summed E-state index contributed by atoms with van der Waals surface area (Å²) in [6, 6.07) is 3.56. The van der Waals surface area contributed by atoms with Crippen molar-refractivity contribution >= 4 is 10.0 Å². The Kier molecular flexibility index (Phi) is 4.31. The molecular weight excluding hydrogens is 318 g/mol. The van der Waals surface area contributed by atoms with Crippen molar-refractivity contribution < 1.29 is 13.2 Å². The highest BCUT2D eigenvalue weighted by molar-refractivity contribution is 7.89. The van der Waals surface area contributed by atoms with E-state index in [1.165, 1.54) is 16.8 Å². The zero-order chi connectivity index (χ0) is 16.4. The van der Waals surface area contributed by atoms with Gasteiger partial charge >= 0.3 is 0 Å². The third kappa shape index (κ3) is 3.50. The van der Waals surface area contributed by atoms with Crippen molar-refractivity contribution in [1.29, 1.82) is 0 Å². The maximum absolute atomic E-state index is 12.6. The number of sulfonamides is 1. The van der Waals surface area contributed by atoms with Crippen LogP contribution in [0.2, 0.25) is 0 Å². The Bertz CT molecular complexity index is 772.